The number of hydrogen-bond acceptors (Lipinski definition) is 3. The number of halogens is 1. The van der Waals surface area contributed by atoms with Gasteiger partial charge in [-0.1, -0.05) is 40.3 Å². The van der Waals surface area contributed by atoms with Crippen LogP contribution in [0.5, 0.6) is 0 Å². The van der Waals surface area contributed by atoms with E-state index in [4.69, 9.17) is 18.0 Å². The van der Waals surface area contributed by atoms with Gasteiger partial charge in [0.05, 0.1) is 17.6 Å². The molecule has 0 aliphatic rings. The topological polar surface area (TPSA) is 50.9 Å². The minimum Gasteiger partial charge on any atom is -0.388 e. The number of nitrogens with two attached hydrogens (primary N) is 1. The first-order valence-electron chi connectivity index (χ1n) is 5.39. The molecule has 0 aliphatic carbocycles. The molecule has 1 aromatic heterocycles. The molecule has 0 atom stereocenters. The summed E-state index contributed by atoms with van der Waals surface area (Å²) < 4.78 is 1.07. The molecule has 0 saturated carbocycles. The molecule has 0 unspecified atom stereocenters. The zero-order valence-corrected chi connectivity index (χ0v) is 12.0. The fraction of sp³-hybridized carbons (Fsp3) is 0.0769. The second-order valence-corrected chi connectivity index (χ2v) is 5.14. The molecule has 2 rings (SSSR count). The summed E-state index contributed by atoms with van der Waals surface area (Å²) >= 11 is 8.30. The Balaban J connectivity index is 2.00. The van der Waals surface area contributed by atoms with E-state index in [0.29, 0.717) is 10.7 Å². The monoisotopic (exact) mass is 321 g/mol. The quantitative estimate of drug-likeness (QED) is 0.850. The van der Waals surface area contributed by atoms with Gasteiger partial charge in [-0.3, -0.25) is 4.98 Å². The van der Waals surface area contributed by atoms with Crippen LogP contribution in [0.4, 0.5) is 5.69 Å². The highest BCUT2D eigenvalue weighted by Crippen LogP contribution is 2.13. The van der Waals surface area contributed by atoms with E-state index < -0.39 is 0 Å². The van der Waals surface area contributed by atoms with Crippen LogP contribution in [0.2, 0.25) is 0 Å². The van der Waals surface area contributed by atoms with E-state index >= 15 is 0 Å². The van der Waals surface area contributed by atoms with Crippen LogP contribution < -0.4 is 11.1 Å². The third-order valence-corrected chi connectivity index (χ3v) is 3.10. The zero-order valence-electron chi connectivity index (χ0n) is 9.56. The Labute approximate surface area is 120 Å². The number of nitrogens with zero attached hydrogens (tertiary/aromatic N) is 1. The van der Waals surface area contributed by atoms with Gasteiger partial charge in [-0.15, -0.1) is 0 Å². The van der Waals surface area contributed by atoms with E-state index in [2.05, 4.69) is 38.4 Å². The lowest BCUT2D eigenvalue weighted by molar-refractivity contribution is 1.13. The summed E-state index contributed by atoms with van der Waals surface area (Å²) in [4.78, 5) is 4.48. The third kappa shape index (κ3) is 3.51. The Morgan fingerprint density at radius 3 is 2.78 bits per heavy atom. The highest BCUT2D eigenvalue weighted by Gasteiger charge is 1.99. The number of pyridine rings is 1. The summed E-state index contributed by atoms with van der Waals surface area (Å²) in [6.45, 7) is 0.744. The van der Waals surface area contributed by atoms with Crippen molar-refractivity contribution < 1.29 is 0 Å². The maximum atomic E-state index is 5.49. The molecule has 0 saturated heterocycles. The largest absolute Gasteiger partial charge is 0.388 e. The van der Waals surface area contributed by atoms with E-state index in [1.54, 1.807) is 6.20 Å². The van der Waals surface area contributed by atoms with Gasteiger partial charge < -0.3 is 11.1 Å². The Bertz CT molecular complexity index is 554. The molecule has 92 valence electrons. The Morgan fingerprint density at radius 2 is 2.17 bits per heavy atom. The minimum absolute atomic E-state index is 0.313. The second kappa shape index (κ2) is 5.93. The van der Waals surface area contributed by atoms with Crippen LogP contribution in [0.25, 0.3) is 0 Å². The Morgan fingerprint density at radius 1 is 1.33 bits per heavy atom. The molecule has 5 heteroatoms. The van der Waals surface area contributed by atoms with Crippen molar-refractivity contribution in [3.63, 3.8) is 0 Å². The number of benzene rings is 1. The number of hydrogen-bond donors (Lipinski definition) is 2. The van der Waals surface area contributed by atoms with E-state index in [9.17, 15) is 0 Å². The van der Waals surface area contributed by atoms with E-state index in [1.807, 2.05) is 24.3 Å². The molecule has 2 aromatic rings. The predicted octanol–water partition coefficient (Wildman–Crippen LogP) is 3.09. The van der Waals surface area contributed by atoms with Crippen molar-refractivity contribution >= 4 is 38.8 Å². The van der Waals surface area contributed by atoms with Crippen LogP contribution in [0.3, 0.4) is 0 Å². The predicted molar refractivity (Wildman–Crippen MR) is 81.6 cm³/mol. The molecule has 0 radical (unpaired) electrons. The summed E-state index contributed by atoms with van der Waals surface area (Å²) in [6, 6.07) is 11.9. The smallest absolute Gasteiger partial charge is 0.122 e. The van der Waals surface area contributed by atoms with Crippen molar-refractivity contribution in [1.29, 1.82) is 0 Å². The van der Waals surface area contributed by atoms with Crippen LogP contribution in [0.1, 0.15) is 11.3 Å². The van der Waals surface area contributed by atoms with Gasteiger partial charge in [0.15, 0.2) is 0 Å². The van der Waals surface area contributed by atoms with Crippen molar-refractivity contribution in [3.05, 3.63) is 58.3 Å². The van der Waals surface area contributed by atoms with E-state index in [-0.39, 0.29) is 0 Å². The molecular formula is C13H12BrN3S. The van der Waals surface area contributed by atoms with Gasteiger partial charge in [-0.2, -0.15) is 0 Å². The molecule has 0 fully saturated rings. The van der Waals surface area contributed by atoms with Gasteiger partial charge in [-0.05, 0) is 29.8 Å². The summed E-state index contributed by atoms with van der Waals surface area (Å²) in [5.41, 5.74) is 8.26. The SMILES string of the molecule is NC(=S)c1ccc(NCc2cccc(Br)c2)cn1. The molecule has 0 bridgehead atoms. The molecule has 3 nitrogen and oxygen atoms in total. The molecule has 1 heterocycles. The number of aromatic nitrogens is 1. The van der Waals surface area contributed by atoms with Gasteiger partial charge in [0, 0.05) is 11.0 Å². The molecule has 3 N–H and O–H groups in total. The van der Waals surface area contributed by atoms with Crippen molar-refractivity contribution in [1.82, 2.24) is 4.98 Å². The van der Waals surface area contributed by atoms with E-state index in [0.717, 1.165) is 16.7 Å². The average Bonchev–Trinajstić information content (AvgIpc) is 2.37. The molecule has 0 spiro atoms. The number of thiocarbonyl (C=S) groups is 1. The molecule has 18 heavy (non-hydrogen) atoms. The van der Waals surface area contributed by atoms with E-state index in [1.165, 1.54) is 5.56 Å². The van der Waals surface area contributed by atoms with Crippen molar-refractivity contribution in [2.24, 2.45) is 5.73 Å². The van der Waals surface area contributed by atoms with Gasteiger partial charge in [-0.25, -0.2) is 0 Å². The summed E-state index contributed by atoms with van der Waals surface area (Å²) in [5.74, 6) is 0. The fourth-order valence-electron chi connectivity index (χ4n) is 1.50. The van der Waals surface area contributed by atoms with Crippen molar-refractivity contribution in [2.45, 2.75) is 6.54 Å². The lowest BCUT2D eigenvalue weighted by Gasteiger charge is -2.07. The molecule has 0 amide bonds. The molecule has 0 aliphatic heterocycles. The average molecular weight is 322 g/mol. The lowest BCUT2D eigenvalue weighted by Crippen LogP contribution is -2.11. The van der Waals surface area contributed by atoms with Crippen LogP contribution in [0, 0.1) is 0 Å². The first kappa shape index (κ1) is 13.0. The highest BCUT2D eigenvalue weighted by atomic mass is 79.9. The summed E-state index contributed by atoms with van der Waals surface area (Å²) in [7, 11) is 0. The number of rotatable bonds is 4. The van der Waals surface area contributed by atoms with Crippen LogP contribution in [-0.2, 0) is 6.54 Å². The molecule has 1 aromatic carbocycles. The van der Waals surface area contributed by atoms with Gasteiger partial charge in [0.25, 0.3) is 0 Å². The highest BCUT2D eigenvalue weighted by molar-refractivity contribution is 9.10. The number of nitrogens with one attached hydrogen (secondary N) is 1. The maximum Gasteiger partial charge on any atom is 0.122 e. The fourth-order valence-corrected chi connectivity index (χ4v) is 2.06. The van der Waals surface area contributed by atoms with Crippen molar-refractivity contribution in [2.75, 3.05) is 5.32 Å². The third-order valence-electron chi connectivity index (χ3n) is 2.40. The van der Waals surface area contributed by atoms with Gasteiger partial charge >= 0.3 is 0 Å². The van der Waals surface area contributed by atoms with Crippen LogP contribution >= 0.6 is 28.1 Å². The first-order chi connectivity index (χ1) is 8.65. The summed E-state index contributed by atoms with van der Waals surface area (Å²) in [6.07, 6.45) is 1.73. The first-order valence-corrected chi connectivity index (χ1v) is 6.59. The maximum absolute atomic E-state index is 5.49. The van der Waals surface area contributed by atoms with Gasteiger partial charge in [0.2, 0.25) is 0 Å². The van der Waals surface area contributed by atoms with Crippen molar-refractivity contribution in [3.8, 4) is 0 Å². The normalized spacial score (nSPS) is 10.1. The van der Waals surface area contributed by atoms with Crippen LogP contribution in [0.15, 0.2) is 47.1 Å². The summed E-state index contributed by atoms with van der Waals surface area (Å²) in [5, 5.41) is 3.29. The molecular weight excluding hydrogens is 310 g/mol. The second-order valence-electron chi connectivity index (χ2n) is 3.78. The Kier molecular flexibility index (Phi) is 4.28. The van der Waals surface area contributed by atoms with Gasteiger partial charge in [0.1, 0.15) is 4.99 Å². The Hall–Kier alpha value is -1.46. The van der Waals surface area contributed by atoms with Crippen LogP contribution in [-0.4, -0.2) is 9.97 Å². The standard InChI is InChI=1S/C13H12BrN3S/c14-10-3-1-2-9(6-10)7-16-11-4-5-12(13(15)18)17-8-11/h1-6,8,16H,7H2,(H2,15,18). The minimum atomic E-state index is 0.313. The zero-order chi connectivity index (χ0) is 13.0. The lowest BCUT2D eigenvalue weighted by atomic mass is 10.2. The number of anilines is 1.